The van der Waals surface area contributed by atoms with Crippen LogP contribution in [0.5, 0.6) is 0 Å². The predicted molar refractivity (Wildman–Crippen MR) is 68.8 cm³/mol. The Kier molecular flexibility index (Phi) is 4.63. The second kappa shape index (κ2) is 6.17. The number of benzene rings is 1. The first-order valence-corrected chi connectivity index (χ1v) is 6.76. The number of esters is 1. The Morgan fingerprint density at radius 1 is 1.09 bits per heavy atom. The molecular formula is C15H14F4O4. The molecule has 0 aliphatic heterocycles. The fourth-order valence-corrected chi connectivity index (χ4v) is 2.21. The van der Waals surface area contributed by atoms with E-state index in [2.05, 4.69) is 4.74 Å². The number of halogens is 4. The molecule has 0 bridgehead atoms. The van der Waals surface area contributed by atoms with Crippen molar-refractivity contribution in [1.29, 1.82) is 0 Å². The average molecular weight is 334 g/mol. The van der Waals surface area contributed by atoms with Crippen molar-refractivity contribution in [1.82, 2.24) is 0 Å². The van der Waals surface area contributed by atoms with E-state index in [1.54, 1.807) is 0 Å². The van der Waals surface area contributed by atoms with Gasteiger partial charge >= 0.3 is 5.97 Å². The zero-order chi connectivity index (χ0) is 17.4. The van der Waals surface area contributed by atoms with Crippen molar-refractivity contribution in [3.63, 3.8) is 0 Å². The fraction of sp³-hybridized carbons (Fsp3) is 0.467. The monoisotopic (exact) mass is 334 g/mol. The first-order chi connectivity index (χ1) is 10.7. The van der Waals surface area contributed by atoms with Gasteiger partial charge in [-0.05, 0) is 11.8 Å². The van der Waals surface area contributed by atoms with Crippen LogP contribution in [-0.2, 0) is 32.3 Å². The van der Waals surface area contributed by atoms with Crippen molar-refractivity contribution in [2.75, 3.05) is 0 Å². The fourth-order valence-electron chi connectivity index (χ4n) is 2.21. The molecule has 1 atom stereocenters. The Balaban J connectivity index is 2.19. The molecular weight excluding hydrogens is 320 g/mol. The number of rotatable bonds is 6. The van der Waals surface area contributed by atoms with Crippen LogP contribution in [0.25, 0.3) is 0 Å². The summed E-state index contributed by atoms with van der Waals surface area (Å²) < 4.78 is 64.0. The number of hydrogen-bond donors (Lipinski definition) is 0. The van der Waals surface area contributed by atoms with Gasteiger partial charge in [0.05, 0.1) is 17.0 Å². The molecule has 0 amide bonds. The van der Waals surface area contributed by atoms with Crippen molar-refractivity contribution in [3.8, 4) is 0 Å². The quantitative estimate of drug-likeness (QED) is 0.347. The van der Waals surface area contributed by atoms with Gasteiger partial charge in [-0.2, -0.15) is 0 Å². The number of hydrogen-bond acceptors (Lipinski definition) is 4. The first kappa shape index (κ1) is 17.2. The number of ether oxygens (including phenoxy) is 2. The molecule has 0 spiro atoms. The summed E-state index contributed by atoms with van der Waals surface area (Å²) in [6.07, 6.45) is 0.571. The summed E-state index contributed by atoms with van der Waals surface area (Å²) in [6, 6.07) is 0. The summed E-state index contributed by atoms with van der Waals surface area (Å²) in [7, 11) is 0. The maximum absolute atomic E-state index is 13.8. The smallest absolute Gasteiger partial charge is 0.309 e. The van der Waals surface area contributed by atoms with Gasteiger partial charge in [0.1, 0.15) is 13.2 Å². The number of carbonyl (C=O) groups excluding carboxylic acids is 2. The van der Waals surface area contributed by atoms with Gasteiger partial charge in [-0.25, -0.2) is 17.6 Å². The highest BCUT2D eigenvalue weighted by Gasteiger charge is 2.51. The van der Waals surface area contributed by atoms with E-state index < -0.39 is 59.5 Å². The van der Waals surface area contributed by atoms with Crippen LogP contribution in [0, 0.1) is 34.6 Å². The second-order valence-electron chi connectivity index (χ2n) is 5.97. The summed E-state index contributed by atoms with van der Waals surface area (Å²) in [5, 5.41) is 0. The molecule has 1 saturated carbocycles. The number of carbonyl (C=O) groups is 2. The van der Waals surface area contributed by atoms with E-state index in [0.717, 1.165) is 0 Å². The molecule has 1 aliphatic rings. The largest absolute Gasteiger partial charge is 0.463 e. The Morgan fingerprint density at radius 2 is 1.52 bits per heavy atom. The second-order valence-corrected chi connectivity index (χ2v) is 5.97. The van der Waals surface area contributed by atoms with E-state index in [-0.39, 0.29) is 11.9 Å². The summed E-state index contributed by atoms with van der Waals surface area (Å²) in [5.41, 5.74) is -2.33. The van der Waals surface area contributed by atoms with E-state index in [1.807, 2.05) is 13.8 Å². The molecule has 126 valence electrons. The molecule has 1 unspecified atom stereocenters. The van der Waals surface area contributed by atoms with Crippen molar-refractivity contribution in [2.45, 2.75) is 33.5 Å². The van der Waals surface area contributed by atoms with Gasteiger partial charge in [-0.3, -0.25) is 9.59 Å². The highest BCUT2D eigenvalue weighted by atomic mass is 19.2. The summed E-state index contributed by atoms with van der Waals surface area (Å²) >= 11 is 0. The third kappa shape index (κ3) is 3.30. The molecule has 8 heteroatoms. The van der Waals surface area contributed by atoms with Gasteiger partial charge in [0.15, 0.2) is 23.3 Å². The summed E-state index contributed by atoms with van der Waals surface area (Å²) in [4.78, 5) is 21.7. The minimum Gasteiger partial charge on any atom is -0.463 e. The van der Waals surface area contributed by atoms with Crippen LogP contribution in [0.2, 0.25) is 0 Å². The molecule has 0 N–H and O–H groups in total. The molecule has 1 aromatic rings. The van der Waals surface area contributed by atoms with Gasteiger partial charge in [0, 0.05) is 0 Å². The van der Waals surface area contributed by atoms with Crippen molar-refractivity contribution in [2.24, 2.45) is 11.3 Å². The van der Waals surface area contributed by atoms with E-state index >= 15 is 0 Å². The lowest BCUT2D eigenvalue weighted by Crippen LogP contribution is -2.15. The van der Waals surface area contributed by atoms with Crippen LogP contribution in [0.4, 0.5) is 17.6 Å². The SMILES string of the molecule is CC1(C)CC1C(=O)OCc1c(F)c(F)c(COC=O)c(F)c1F. The molecule has 0 radical (unpaired) electrons. The normalized spacial score (nSPS) is 18.4. The van der Waals surface area contributed by atoms with Gasteiger partial charge < -0.3 is 9.47 Å². The van der Waals surface area contributed by atoms with Crippen LogP contribution in [0.1, 0.15) is 31.4 Å². The average Bonchev–Trinajstić information content (AvgIpc) is 3.14. The molecule has 1 aromatic carbocycles. The van der Waals surface area contributed by atoms with Crippen LogP contribution < -0.4 is 0 Å². The Morgan fingerprint density at radius 3 is 1.91 bits per heavy atom. The molecule has 2 rings (SSSR count). The minimum atomic E-state index is -1.69. The molecule has 1 aliphatic carbocycles. The lowest BCUT2D eigenvalue weighted by atomic mass is 10.1. The van der Waals surface area contributed by atoms with E-state index in [0.29, 0.717) is 6.42 Å². The molecule has 1 fully saturated rings. The summed E-state index contributed by atoms with van der Waals surface area (Å²) in [6.45, 7) is 1.65. The van der Waals surface area contributed by atoms with E-state index in [1.165, 1.54) is 0 Å². The Bertz CT molecular complexity index is 628. The first-order valence-electron chi connectivity index (χ1n) is 6.76. The van der Waals surface area contributed by atoms with E-state index in [4.69, 9.17) is 4.74 Å². The predicted octanol–water partition coefficient (Wildman–Crippen LogP) is 3.01. The third-order valence-electron chi connectivity index (χ3n) is 3.90. The Labute approximate surface area is 129 Å². The van der Waals surface area contributed by atoms with Crippen molar-refractivity contribution >= 4 is 12.4 Å². The molecule has 0 heterocycles. The molecule has 0 saturated heterocycles. The summed E-state index contributed by atoms with van der Waals surface area (Å²) in [5.74, 6) is -7.83. The van der Waals surface area contributed by atoms with Gasteiger partial charge in [-0.15, -0.1) is 0 Å². The lowest BCUT2D eigenvalue weighted by Gasteiger charge is -2.12. The van der Waals surface area contributed by atoms with Crippen LogP contribution in [0.15, 0.2) is 0 Å². The topological polar surface area (TPSA) is 52.6 Å². The van der Waals surface area contributed by atoms with Gasteiger partial charge in [0.25, 0.3) is 6.47 Å². The van der Waals surface area contributed by atoms with Gasteiger partial charge in [-0.1, -0.05) is 13.8 Å². The van der Waals surface area contributed by atoms with Gasteiger partial charge in [0.2, 0.25) is 0 Å². The highest BCUT2D eigenvalue weighted by molar-refractivity contribution is 5.76. The zero-order valence-electron chi connectivity index (χ0n) is 12.4. The maximum Gasteiger partial charge on any atom is 0.309 e. The molecule has 4 nitrogen and oxygen atoms in total. The third-order valence-corrected chi connectivity index (χ3v) is 3.90. The van der Waals surface area contributed by atoms with Crippen LogP contribution in [0.3, 0.4) is 0 Å². The van der Waals surface area contributed by atoms with Crippen LogP contribution >= 0.6 is 0 Å². The zero-order valence-corrected chi connectivity index (χ0v) is 12.4. The van der Waals surface area contributed by atoms with E-state index in [9.17, 15) is 27.2 Å². The maximum atomic E-state index is 13.8. The van der Waals surface area contributed by atoms with Crippen LogP contribution in [-0.4, -0.2) is 12.4 Å². The molecule has 0 aromatic heterocycles. The standard InChI is InChI=1S/C15H14F4O4/c1-15(2)3-9(15)14(21)23-5-8-12(18)10(16)7(4-22-6-20)11(17)13(8)19/h6,9H,3-5H2,1-2H3. The minimum absolute atomic E-state index is 0.109. The molecule has 23 heavy (non-hydrogen) atoms. The lowest BCUT2D eigenvalue weighted by molar-refractivity contribution is -0.147. The van der Waals surface area contributed by atoms with Crippen molar-refractivity contribution in [3.05, 3.63) is 34.4 Å². The highest BCUT2D eigenvalue weighted by Crippen LogP contribution is 2.52. The Hall–Kier alpha value is -2.12. The van der Waals surface area contributed by atoms with Crippen molar-refractivity contribution < 1.29 is 36.6 Å².